The topological polar surface area (TPSA) is 0 Å². The van der Waals surface area contributed by atoms with Crippen LogP contribution in [0.1, 0.15) is 85.0 Å². The number of rotatable bonds is 2. The van der Waals surface area contributed by atoms with Crippen molar-refractivity contribution in [1.82, 2.24) is 0 Å². The molecule has 2 aliphatic rings. The van der Waals surface area contributed by atoms with Crippen LogP contribution in [0.15, 0.2) is 59.3 Å². The van der Waals surface area contributed by atoms with E-state index in [2.05, 4.69) is 101 Å². The predicted octanol–water partition coefficient (Wildman–Crippen LogP) is 2.84. The maximum atomic E-state index is 2.50. The molecule has 0 N–H and O–H groups in total. The Kier molecular flexibility index (Phi) is 8.02. The Morgan fingerprint density at radius 3 is 2.21 bits per heavy atom. The third-order valence-electron chi connectivity index (χ3n) is 6.93. The third-order valence-corrected chi connectivity index (χ3v) is 9.08. The molecule has 0 saturated carbocycles. The smallest absolute Gasteiger partial charge is 1.00 e. The van der Waals surface area contributed by atoms with Crippen molar-refractivity contribution in [2.45, 2.75) is 62.4 Å². The molecule has 0 radical (unpaired) electrons. The first-order valence-corrected chi connectivity index (χ1v) is 13.9. The number of halogens is 2. The van der Waals surface area contributed by atoms with Crippen LogP contribution in [0.25, 0.3) is 22.3 Å². The molecule has 1 aromatic heterocycles. The zero-order valence-corrected chi connectivity index (χ0v) is 25.5. The second kappa shape index (κ2) is 9.86. The van der Waals surface area contributed by atoms with E-state index in [0.717, 1.165) is 6.42 Å². The van der Waals surface area contributed by atoms with E-state index in [-0.39, 0.29) is 35.6 Å². The second-order valence-corrected chi connectivity index (χ2v) is 13.4. The molecule has 0 aliphatic heterocycles. The number of hydrogen-bond donors (Lipinski definition) is 0. The summed E-state index contributed by atoms with van der Waals surface area (Å²) in [7, 11) is 0. The molecule has 0 spiro atoms. The number of benzene rings is 2. The summed E-state index contributed by atoms with van der Waals surface area (Å²) in [5.74, 6) is 0. The maximum absolute atomic E-state index is 2.50. The standard InChI is InChI=1S/C30H31S.2ClH.Zr/c1-29(2,3)21-10-11-23-20(16-21)17-26-24(23)12-13-27(30(4,5)6)28(26)25-9-7-8-22(25)19-14-15-31-18-19;;;/h7-8,10-18H,9H2,1-6H3;2*1H;/q;;;+2/p-2. The molecule has 5 rings (SSSR count). The zero-order chi connectivity index (χ0) is 22.8. The van der Waals surface area contributed by atoms with E-state index in [9.17, 15) is 0 Å². The van der Waals surface area contributed by atoms with Crippen LogP contribution < -0.4 is 24.8 Å². The Morgan fingerprint density at radius 2 is 1.59 bits per heavy atom. The quantitative estimate of drug-likeness (QED) is 0.434. The fraction of sp³-hybridized carbons (Fsp3) is 0.333. The van der Waals surface area contributed by atoms with Crippen LogP contribution in [0.5, 0.6) is 0 Å². The van der Waals surface area contributed by atoms with Gasteiger partial charge in [-0.15, -0.1) is 0 Å². The normalized spacial score (nSPS) is 16.8. The van der Waals surface area contributed by atoms with Gasteiger partial charge in [0.15, 0.2) is 0 Å². The molecule has 0 nitrogen and oxygen atoms in total. The molecule has 1 unspecified atom stereocenters. The molecule has 1 atom stereocenters. The molecule has 3 aromatic rings. The predicted molar refractivity (Wildman–Crippen MR) is 136 cm³/mol. The summed E-state index contributed by atoms with van der Waals surface area (Å²) in [6.07, 6.45) is 5.73. The summed E-state index contributed by atoms with van der Waals surface area (Å²) in [6.45, 7) is 14.1. The molecule has 2 aromatic carbocycles. The molecule has 175 valence electrons. The first-order valence-electron chi connectivity index (χ1n) is 11.5. The molecular weight excluding hydrogens is 555 g/mol. The summed E-state index contributed by atoms with van der Waals surface area (Å²) >= 11 is 3.37. The average Bonchev–Trinajstić information content (AvgIpc) is 3.45. The summed E-state index contributed by atoms with van der Waals surface area (Å²) in [6, 6.07) is 14.3. The van der Waals surface area contributed by atoms with E-state index in [1.165, 1.54) is 50.1 Å². The maximum Gasteiger partial charge on any atom is -1.00 e. The largest absolute Gasteiger partial charge is 1.00 e. The SMILES string of the molecule is CC(C)(C)c1ccc2c(c1)[CH]([Zr+2])c1c-2ccc(C(C)(C)C)c1C1=C(c2ccsc2)C=CC1.[Cl-].[Cl-]. The van der Waals surface area contributed by atoms with Gasteiger partial charge in [0.1, 0.15) is 0 Å². The molecule has 0 amide bonds. The first kappa shape index (κ1) is 27.7. The van der Waals surface area contributed by atoms with Gasteiger partial charge in [-0.25, -0.2) is 0 Å². The Labute approximate surface area is 236 Å². The molecule has 0 fully saturated rings. The van der Waals surface area contributed by atoms with E-state index in [1.807, 2.05) is 0 Å². The minimum atomic E-state index is 0. The van der Waals surface area contributed by atoms with Gasteiger partial charge in [0.25, 0.3) is 0 Å². The van der Waals surface area contributed by atoms with Gasteiger partial charge >= 0.3 is 213 Å². The van der Waals surface area contributed by atoms with Crippen molar-refractivity contribution in [3.8, 4) is 11.1 Å². The summed E-state index contributed by atoms with van der Waals surface area (Å²) in [4.78, 5) is 0. The van der Waals surface area contributed by atoms with E-state index in [4.69, 9.17) is 0 Å². The van der Waals surface area contributed by atoms with Gasteiger partial charge in [-0.3, -0.25) is 0 Å². The van der Waals surface area contributed by atoms with Crippen LogP contribution in [-0.2, 0) is 35.5 Å². The number of hydrogen-bond acceptors (Lipinski definition) is 1. The van der Waals surface area contributed by atoms with Crippen molar-refractivity contribution >= 4 is 22.5 Å². The van der Waals surface area contributed by atoms with Crippen molar-refractivity contribution in [1.29, 1.82) is 0 Å². The van der Waals surface area contributed by atoms with E-state index in [0.29, 0.717) is 3.63 Å². The molecule has 2 aliphatic carbocycles. The summed E-state index contributed by atoms with van der Waals surface area (Å²) in [5, 5.41) is 4.49. The zero-order valence-electron chi connectivity index (χ0n) is 20.7. The van der Waals surface area contributed by atoms with Gasteiger partial charge in [0.05, 0.1) is 0 Å². The number of fused-ring (bicyclic) bond motifs is 3. The van der Waals surface area contributed by atoms with Gasteiger partial charge in [-0.2, -0.15) is 0 Å². The van der Waals surface area contributed by atoms with E-state index >= 15 is 0 Å². The Bertz CT molecular complexity index is 1270. The second-order valence-electron chi connectivity index (χ2n) is 11.2. The Morgan fingerprint density at radius 1 is 0.882 bits per heavy atom. The van der Waals surface area contributed by atoms with Gasteiger partial charge in [-0.05, 0) is 0 Å². The number of thiophene rings is 1. The Balaban J connectivity index is 0.00000162. The molecule has 1 heterocycles. The van der Waals surface area contributed by atoms with E-state index < -0.39 is 0 Å². The van der Waals surface area contributed by atoms with Crippen molar-refractivity contribution in [2.24, 2.45) is 0 Å². The van der Waals surface area contributed by atoms with E-state index in [1.54, 1.807) is 41.6 Å². The summed E-state index contributed by atoms with van der Waals surface area (Å²) in [5.41, 5.74) is 15.0. The average molecular weight is 586 g/mol. The molecule has 4 heteroatoms. The van der Waals surface area contributed by atoms with Crippen LogP contribution in [0, 0.1) is 0 Å². The first-order chi connectivity index (χ1) is 15.1. The van der Waals surface area contributed by atoms with Crippen molar-refractivity contribution in [3.63, 3.8) is 0 Å². The van der Waals surface area contributed by atoms with Gasteiger partial charge in [-0.1, -0.05) is 0 Å². The molecule has 0 bridgehead atoms. The minimum absolute atomic E-state index is 0. The van der Waals surface area contributed by atoms with Gasteiger partial charge < -0.3 is 24.8 Å². The van der Waals surface area contributed by atoms with Crippen LogP contribution in [0.3, 0.4) is 0 Å². The fourth-order valence-corrected chi connectivity index (χ4v) is 7.18. The molecule has 34 heavy (non-hydrogen) atoms. The van der Waals surface area contributed by atoms with Crippen molar-refractivity contribution < 1.29 is 49.5 Å². The van der Waals surface area contributed by atoms with Crippen LogP contribution in [0.2, 0.25) is 0 Å². The van der Waals surface area contributed by atoms with Crippen molar-refractivity contribution in [3.05, 3.63) is 92.7 Å². The minimum Gasteiger partial charge on any atom is -1.00 e. The van der Waals surface area contributed by atoms with Crippen molar-refractivity contribution in [2.75, 3.05) is 0 Å². The monoisotopic (exact) mass is 583 g/mol. The van der Waals surface area contributed by atoms with Gasteiger partial charge in [0.2, 0.25) is 0 Å². The van der Waals surface area contributed by atoms with Crippen LogP contribution >= 0.6 is 11.3 Å². The van der Waals surface area contributed by atoms with Crippen LogP contribution in [-0.4, -0.2) is 0 Å². The third kappa shape index (κ3) is 4.61. The summed E-state index contributed by atoms with van der Waals surface area (Å²) < 4.78 is 0.489. The van der Waals surface area contributed by atoms with Gasteiger partial charge in [0, 0.05) is 0 Å². The molecular formula is C30H31Cl2SZr. The van der Waals surface area contributed by atoms with Crippen LogP contribution in [0.4, 0.5) is 0 Å². The molecule has 0 saturated heterocycles. The number of allylic oxidation sites excluding steroid dienone is 4. The fourth-order valence-electron chi connectivity index (χ4n) is 5.20. The Hall–Kier alpha value is -0.917.